The lowest BCUT2D eigenvalue weighted by Crippen LogP contribution is -2.52. The largest absolute Gasteiger partial charge is 0.271 e. The van der Waals surface area contributed by atoms with E-state index in [2.05, 4.69) is 12.3 Å². The van der Waals surface area contributed by atoms with E-state index in [0.29, 0.717) is 11.8 Å². The maximum atomic E-state index is 11.7. The average Bonchev–Trinajstić information content (AvgIpc) is 2.29. The Hall–Kier alpha value is -0.130. The molecule has 0 aromatic rings. The molecule has 0 radical (unpaired) electrons. The predicted molar refractivity (Wildman–Crippen MR) is 71.2 cm³/mol. The fourth-order valence-electron chi connectivity index (χ4n) is 3.09. The second-order valence-corrected chi connectivity index (χ2v) is 7.75. The van der Waals surface area contributed by atoms with Crippen LogP contribution >= 0.6 is 0 Å². The number of hydrogen-bond donors (Lipinski definition) is 2. The summed E-state index contributed by atoms with van der Waals surface area (Å²) in [6, 6.07) is -0.116. The minimum Gasteiger partial charge on any atom is -0.271 e. The van der Waals surface area contributed by atoms with Crippen LogP contribution in [-0.4, -0.2) is 26.0 Å². The molecule has 0 bridgehead atoms. The molecule has 1 fully saturated rings. The second-order valence-electron chi connectivity index (χ2n) is 5.34. The Morgan fingerprint density at radius 1 is 1.35 bits per heavy atom. The fraction of sp³-hybridized carbons (Fsp3) is 1.00. The highest BCUT2D eigenvalue weighted by molar-refractivity contribution is 7.91. The lowest BCUT2D eigenvalue weighted by atomic mass is 9.73. The predicted octanol–water partition coefficient (Wildman–Crippen LogP) is 1.47. The Morgan fingerprint density at radius 2 is 1.94 bits per heavy atom. The number of hydrogen-bond acceptors (Lipinski definition) is 4. The molecule has 0 aromatic carbocycles. The van der Waals surface area contributed by atoms with Crippen LogP contribution in [0.2, 0.25) is 0 Å². The van der Waals surface area contributed by atoms with Crippen LogP contribution in [0.1, 0.15) is 46.0 Å². The van der Waals surface area contributed by atoms with Gasteiger partial charge in [-0.05, 0) is 25.2 Å². The van der Waals surface area contributed by atoms with Crippen molar-refractivity contribution in [3.05, 3.63) is 0 Å². The zero-order chi connectivity index (χ0) is 13.1. The molecule has 4 nitrogen and oxygen atoms in total. The Morgan fingerprint density at radius 3 is 2.41 bits per heavy atom. The van der Waals surface area contributed by atoms with Crippen LogP contribution in [-0.2, 0) is 9.84 Å². The summed E-state index contributed by atoms with van der Waals surface area (Å²) in [5.41, 5.74) is 2.76. The molecule has 4 unspecified atom stereocenters. The van der Waals surface area contributed by atoms with Gasteiger partial charge in [-0.25, -0.2) is 8.42 Å². The topological polar surface area (TPSA) is 72.2 Å². The van der Waals surface area contributed by atoms with E-state index < -0.39 is 15.1 Å². The van der Waals surface area contributed by atoms with Crippen molar-refractivity contribution in [1.29, 1.82) is 0 Å². The summed E-state index contributed by atoms with van der Waals surface area (Å²) in [4.78, 5) is 0. The van der Waals surface area contributed by atoms with Crippen LogP contribution in [0, 0.1) is 11.8 Å². The zero-order valence-corrected chi connectivity index (χ0v) is 12.0. The number of sulfone groups is 1. The van der Waals surface area contributed by atoms with Crippen molar-refractivity contribution in [3.8, 4) is 0 Å². The van der Waals surface area contributed by atoms with Gasteiger partial charge in [0.25, 0.3) is 0 Å². The molecular weight excluding hydrogens is 236 g/mol. The van der Waals surface area contributed by atoms with Crippen LogP contribution < -0.4 is 11.3 Å². The number of hydrazine groups is 1. The molecule has 1 rings (SSSR count). The smallest absolute Gasteiger partial charge is 0.151 e. The highest BCUT2D eigenvalue weighted by Gasteiger charge is 2.36. The molecule has 0 heterocycles. The van der Waals surface area contributed by atoms with Crippen molar-refractivity contribution in [3.63, 3.8) is 0 Å². The molecule has 1 saturated carbocycles. The first-order chi connectivity index (χ1) is 7.91. The lowest BCUT2D eigenvalue weighted by Gasteiger charge is -2.38. The summed E-state index contributed by atoms with van der Waals surface area (Å²) in [6.45, 7) is 3.95. The van der Waals surface area contributed by atoms with E-state index in [1.165, 1.54) is 25.5 Å². The summed E-state index contributed by atoms with van der Waals surface area (Å²) in [6.07, 6.45) is 7.16. The van der Waals surface area contributed by atoms with Gasteiger partial charge < -0.3 is 0 Å². The molecule has 0 spiro atoms. The number of nitrogens with two attached hydrogens (primary N) is 1. The van der Waals surface area contributed by atoms with Gasteiger partial charge in [0.15, 0.2) is 9.84 Å². The fourth-order valence-corrected chi connectivity index (χ4v) is 3.90. The first-order valence-electron chi connectivity index (χ1n) is 6.56. The minimum atomic E-state index is -3.04. The van der Waals surface area contributed by atoms with E-state index in [1.807, 2.05) is 0 Å². The molecule has 17 heavy (non-hydrogen) atoms. The van der Waals surface area contributed by atoms with Crippen molar-refractivity contribution in [2.24, 2.45) is 17.7 Å². The third-order valence-corrected chi connectivity index (χ3v) is 5.97. The molecule has 3 N–H and O–H groups in total. The SMILES string of the molecule is CCC1CCCCC1C(NN)C(C)S(C)(=O)=O. The highest BCUT2D eigenvalue weighted by atomic mass is 32.2. The van der Waals surface area contributed by atoms with E-state index in [-0.39, 0.29) is 6.04 Å². The summed E-state index contributed by atoms with van der Waals surface area (Å²) >= 11 is 0. The quantitative estimate of drug-likeness (QED) is 0.581. The summed E-state index contributed by atoms with van der Waals surface area (Å²) in [7, 11) is -3.04. The van der Waals surface area contributed by atoms with E-state index in [9.17, 15) is 8.42 Å². The van der Waals surface area contributed by atoms with Crippen LogP contribution in [0.15, 0.2) is 0 Å². The van der Waals surface area contributed by atoms with Crippen molar-refractivity contribution in [2.75, 3.05) is 6.26 Å². The van der Waals surface area contributed by atoms with E-state index in [1.54, 1.807) is 6.92 Å². The van der Waals surface area contributed by atoms with Gasteiger partial charge in [0.05, 0.1) is 5.25 Å². The Labute approximate surface area is 105 Å². The summed E-state index contributed by atoms with van der Waals surface area (Å²) in [5.74, 6) is 6.60. The molecule has 0 saturated heterocycles. The maximum absolute atomic E-state index is 11.7. The molecule has 102 valence electrons. The van der Waals surface area contributed by atoms with Gasteiger partial charge >= 0.3 is 0 Å². The standard InChI is InChI=1S/C12H26N2O2S/c1-4-10-7-5-6-8-11(10)12(14-13)9(2)17(3,15)16/h9-12,14H,4-8,13H2,1-3H3. The van der Waals surface area contributed by atoms with Gasteiger partial charge in [-0.2, -0.15) is 0 Å². The van der Waals surface area contributed by atoms with Crippen LogP contribution in [0.25, 0.3) is 0 Å². The van der Waals surface area contributed by atoms with Crippen LogP contribution in [0.4, 0.5) is 0 Å². The molecule has 1 aliphatic rings. The highest BCUT2D eigenvalue weighted by Crippen LogP contribution is 2.36. The molecule has 0 aromatic heterocycles. The van der Waals surface area contributed by atoms with Gasteiger partial charge in [0, 0.05) is 12.3 Å². The second kappa shape index (κ2) is 6.16. The lowest BCUT2D eigenvalue weighted by molar-refractivity contribution is 0.173. The van der Waals surface area contributed by atoms with E-state index >= 15 is 0 Å². The third kappa shape index (κ3) is 3.66. The van der Waals surface area contributed by atoms with Crippen LogP contribution in [0.5, 0.6) is 0 Å². The van der Waals surface area contributed by atoms with Gasteiger partial charge in [0.1, 0.15) is 0 Å². The summed E-state index contributed by atoms with van der Waals surface area (Å²) in [5, 5.41) is -0.412. The van der Waals surface area contributed by atoms with Crippen molar-refractivity contribution >= 4 is 9.84 Å². The summed E-state index contributed by atoms with van der Waals surface area (Å²) < 4.78 is 23.3. The molecule has 5 heteroatoms. The monoisotopic (exact) mass is 262 g/mol. The van der Waals surface area contributed by atoms with Crippen molar-refractivity contribution in [1.82, 2.24) is 5.43 Å². The number of nitrogens with one attached hydrogen (secondary N) is 1. The van der Waals surface area contributed by atoms with Crippen molar-refractivity contribution < 1.29 is 8.42 Å². The van der Waals surface area contributed by atoms with Gasteiger partial charge in [-0.1, -0.05) is 32.6 Å². The molecule has 4 atom stereocenters. The first kappa shape index (κ1) is 14.9. The molecule has 1 aliphatic carbocycles. The molecule has 0 aliphatic heterocycles. The molecule has 0 amide bonds. The minimum absolute atomic E-state index is 0.116. The Balaban J connectivity index is 2.84. The third-order valence-electron chi connectivity index (χ3n) is 4.33. The van der Waals surface area contributed by atoms with Gasteiger partial charge in [-0.15, -0.1) is 0 Å². The Kier molecular flexibility index (Phi) is 5.41. The zero-order valence-electron chi connectivity index (χ0n) is 11.1. The van der Waals surface area contributed by atoms with Gasteiger partial charge in [0.2, 0.25) is 0 Å². The van der Waals surface area contributed by atoms with E-state index in [4.69, 9.17) is 5.84 Å². The molecular formula is C12H26N2O2S. The van der Waals surface area contributed by atoms with Crippen LogP contribution in [0.3, 0.4) is 0 Å². The maximum Gasteiger partial charge on any atom is 0.151 e. The first-order valence-corrected chi connectivity index (χ1v) is 8.52. The number of rotatable bonds is 5. The van der Waals surface area contributed by atoms with Crippen molar-refractivity contribution in [2.45, 2.75) is 57.2 Å². The normalized spacial score (nSPS) is 29.9. The Bertz CT molecular complexity index is 329. The van der Waals surface area contributed by atoms with Gasteiger partial charge in [-0.3, -0.25) is 11.3 Å². The average molecular weight is 262 g/mol. The van der Waals surface area contributed by atoms with E-state index in [0.717, 1.165) is 12.8 Å².